The molecular weight excluding hydrogens is 326 g/mol. The Morgan fingerprint density at radius 2 is 1.91 bits per heavy atom. The summed E-state index contributed by atoms with van der Waals surface area (Å²) in [5.41, 5.74) is 7.22. The van der Waals surface area contributed by atoms with Gasteiger partial charge in [0.15, 0.2) is 0 Å². The number of halogens is 1. The zero-order chi connectivity index (χ0) is 16.4. The SMILES string of the molecule is CC1(c2ccc(Cl)cc2)C(N)=NC(SC2CCCCC2)=C1C#N. The van der Waals surface area contributed by atoms with Gasteiger partial charge in [-0.25, -0.2) is 4.99 Å². The average molecular weight is 346 g/mol. The molecule has 3 rings (SSSR count). The number of benzene rings is 1. The van der Waals surface area contributed by atoms with E-state index in [1.54, 1.807) is 11.8 Å². The molecule has 1 aromatic rings. The highest BCUT2D eigenvalue weighted by Crippen LogP contribution is 2.45. The third kappa shape index (κ3) is 3.00. The first kappa shape index (κ1) is 16.4. The van der Waals surface area contributed by atoms with Crippen LogP contribution >= 0.6 is 23.4 Å². The fourth-order valence-corrected chi connectivity index (χ4v) is 4.81. The number of nitrogens with two attached hydrogens (primary N) is 1. The van der Waals surface area contributed by atoms with Gasteiger partial charge in [-0.1, -0.05) is 43.0 Å². The van der Waals surface area contributed by atoms with Crippen LogP contribution in [-0.4, -0.2) is 11.1 Å². The molecule has 1 atom stereocenters. The Hall–Kier alpha value is -1.44. The Balaban J connectivity index is 1.95. The van der Waals surface area contributed by atoms with Crippen molar-refractivity contribution in [2.75, 3.05) is 0 Å². The van der Waals surface area contributed by atoms with Crippen LogP contribution in [0.15, 0.2) is 39.9 Å². The number of rotatable bonds is 3. The van der Waals surface area contributed by atoms with Gasteiger partial charge in [-0.05, 0) is 37.5 Å². The van der Waals surface area contributed by atoms with E-state index in [2.05, 4.69) is 11.1 Å². The molecule has 3 nitrogen and oxygen atoms in total. The lowest BCUT2D eigenvalue weighted by molar-refractivity contribution is 0.516. The lowest BCUT2D eigenvalue weighted by Crippen LogP contribution is -2.37. The first-order valence-electron chi connectivity index (χ1n) is 7.98. The lowest BCUT2D eigenvalue weighted by Gasteiger charge is -2.25. The van der Waals surface area contributed by atoms with E-state index in [0.29, 0.717) is 21.7 Å². The summed E-state index contributed by atoms with van der Waals surface area (Å²) >= 11 is 7.71. The van der Waals surface area contributed by atoms with E-state index in [1.165, 1.54) is 32.1 Å². The lowest BCUT2D eigenvalue weighted by atomic mass is 9.77. The predicted octanol–water partition coefficient (Wildman–Crippen LogP) is 4.77. The fourth-order valence-electron chi connectivity index (χ4n) is 3.28. The molecule has 23 heavy (non-hydrogen) atoms. The molecule has 1 aliphatic carbocycles. The summed E-state index contributed by atoms with van der Waals surface area (Å²) in [7, 11) is 0. The van der Waals surface area contributed by atoms with Crippen LogP contribution in [0.1, 0.15) is 44.6 Å². The van der Waals surface area contributed by atoms with Crippen molar-refractivity contribution < 1.29 is 0 Å². The van der Waals surface area contributed by atoms with Crippen LogP contribution in [0.2, 0.25) is 5.02 Å². The van der Waals surface area contributed by atoms with E-state index >= 15 is 0 Å². The minimum atomic E-state index is -0.656. The smallest absolute Gasteiger partial charge is 0.116 e. The molecule has 0 spiro atoms. The molecule has 0 amide bonds. The molecule has 0 saturated heterocycles. The van der Waals surface area contributed by atoms with Gasteiger partial charge in [-0.15, -0.1) is 11.8 Å². The average Bonchev–Trinajstić information content (AvgIpc) is 2.80. The largest absolute Gasteiger partial charge is 0.386 e. The van der Waals surface area contributed by atoms with E-state index in [4.69, 9.17) is 17.3 Å². The Kier molecular flexibility index (Phi) is 4.70. The predicted molar refractivity (Wildman–Crippen MR) is 97.5 cm³/mol. The highest BCUT2D eigenvalue weighted by Gasteiger charge is 2.43. The number of nitriles is 1. The molecule has 120 valence electrons. The molecule has 2 aliphatic rings. The summed E-state index contributed by atoms with van der Waals surface area (Å²) in [6.07, 6.45) is 6.23. The summed E-state index contributed by atoms with van der Waals surface area (Å²) in [6.45, 7) is 1.97. The molecule has 1 unspecified atom stereocenters. The molecule has 1 heterocycles. The number of hydrogen-bond donors (Lipinski definition) is 1. The first-order valence-corrected chi connectivity index (χ1v) is 9.23. The van der Waals surface area contributed by atoms with Crippen LogP contribution in [0.25, 0.3) is 0 Å². The zero-order valence-electron chi connectivity index (χ0n) is 13.2. The zero-order valence-corrected chi connectivity index (χ0v) is 14.8. The van der Waals surface area contributed by atoms with Gasteiger partial charge < -0.3 is 5.73 Å². The van der Waals surface area contributed by atoms with Crippen molar-refractivity contribution in [2.24, 2.45) is 10.7 Å². The molecule has 5 heteroatoms. The van der Waals surface area contributed by atoms with E-state index in [-0.39, 0.29) is 0 Å². The Morgan fingerprint density at radius 1 is 1.26 bits per heavy atom. The molecule has 0 radical (unpaired) electrons. The second-order valence-corrected chi connectivity index (χ2v) is 8.02. The summed E-state index contributed by atoms with van der Waals surface area (Å²) in [5.74, 6) is 0.495. The van der Waals surface area contributed by atoms with Gasteiger partial charge in [-0.3, -0.25) is 0 Å². The Morgan fingerprint density at radius 3 is 2.52 bits per heavy atom. The molecule has 1 aliphatic heterocycles. The number of nitrogens with zero attached hydrogens (tertiary/aromatic N) is 2. The number of aliphatic imine (C=N–C) groups is 1. The molecule has 1 fully saturated rings. The number of hydrogen-bond acceptors (Lipinski definition) is 4. The first-order chi connectivity index (χ1) is 11.1. The maximum absolute atomic E-state index is 9.76. The molecular formula is C18H20ClN3S. The molecule has 0 bridgehead atoms. The second-order valence-electron chi connectivity index (χ2n) is 6.30. The van der Waals surface area contributed by atoms with E-state index in [1.807, 2.05) is 31.2 Å². The monoisotopic (exact) mass is 345 g/mol. The van der Waals surface area contributed by atoms with Crippen LogP contribution in [0.4, 0.5) is 0 Å². The standard InChI is InChI=1S/C18H20ClN3S/c1-18(12-7-9-13(19)10-8-12)15(11-20)16(22-17(18)21)23-14-5-3-2-4-6-14/h7-10,14H,2-6H2,1H3,(H2,21,22). The van der Waals surface area contributed by atoms with Crippen molar-refractivity contribution in [1.29, 1.82) is 5.26 Å². The van der Waals surface area contributed by atoms with Crippen molar-refractivity contribution in [3.8, 4) is 6.07 Å². The van der Waals surface area contributed by atoms with Crippen molar-refractivity contribution in [3.63, 3.8) is 0 Å². The van der Waals surface area contributed by atoms with Crippen molar-refractivity contribution in [2.45, 2.75) is 49.7 Å². The van der Waals surface area contributed by atoms with E-state index in [0.717, 1.165) is 10.6 Å². The van der Waals surface area contributed by atoms with E-state index in [9.17, 15) is 5.26 Å². The van der Waals surface area contributed by atoms with Crippen LogP contribution in [0.5, 0.6) is 0 Å². The Labute approximate surface area is 146 Å². The van der Waals surface area contributed by atoms with Gasteiger partial charge >= 0.3 is 0 Å². The maximum Gasteiger partial charge on any atom is 0.116 e. The quantitative estimate of drug-likeness (QED) is 0.858. The van der Waals surface area contributed by atoms with Gasteiger partial charge in [0.05, 0.1) is 17.1 Å². The molecule has 2 N–H and O–H groups in total. The van der Waals surface area contributed by atoms with Crippen LogP contribution in [-0.2, 0) is 5.41 Å². The summed E-state index contributed by atoms with van der Waals surface area (Å²) in [4.78, 5) is 4.57. The second kappa shape index (κ2) is 6.59. The number of amidine groups is 1. The molecule has 1 aromatic carbocycles. The highest BCUT2D eigenvalue weighted by atomic mass is 35.5. The third-order valence-electron chi connectivity index (χ3n) is 4.81. The molecule has 1 saturated carbocycles. The van der Waals surface area contributed by atoms with Crippen LogP contribution in [0, 0.1) is 11.3 Å². The van der Waals surface area contributed by atoms with Crippen molar-refractivity contribution in [3.05, 3.63) is 45.5 Å². The van der Waals surface area contributed by atoms with Gasteiger partial charge in [-0.2, -0.15) is 5.26 Å². The van der Waals surface area contributed by atoms with E-state index < -0.39 is 5.41 Å². The van der Waals surface area contributed by atoms with Gasteiger partial charge in [0, 0.05) is 10.3 Å². The topological polar surface area (TPSA) is 62.2 Å². The minimum absolute atomic E-state index is 0.495. The number of thioether (sulfide) groups is 1. The summed E-state index contributed by atoms with van der Waals surface area (Å²) < 4.78 is 0. The fraction of sp³-hybridized carbons (Fsp3) is 0.444. The summed E-state index contributed by atoms with van der Waals surface area (Å²) in [6, 6.07) is 9.88. The van der Waals surface area contributed by atoms with Crippen LogP contribution in [0.3, 0.4) is 0 Å². The van der Waals surface area contributed by atoms with Crippen molar-refractivity contribution in [1.82, 2.24) is 0 Å². The van der Waals surface area contributed by atoms with Gasteiger partial charge in [0.2, 0.25) is 0 Å². The van der Waals surface area contributed by atoms with Crippen molar-refractivity contribution >= 4 is 29.2 Å². The van der Waals surface area contributed by atoms with Gasteiger partial charge in [0.1, 0.15) is 10.9 Å². The Bertz CT molecular complexity index is 696. The summed E-state index contributed by atoms with van der Waals surface area (Å²) in [5, 5.41) is 11.8. The van der Waals surface area contributed by atoms with Gasteiger partial charge in [0.25, 0.3) is 0 Å². The highest BCUT2D eigenvalue weighted by molar-refractivity contribution is 8.03. The third-order valence-corrected chi connectivity index (χ3v) is 6.39. The minimum Gasteiger partial charge on any atom is -0.386 e. The molecule has 0 aromatic heterocycles. The van der Waals surface area contributed by atoms with Crippen LogP contribution < -0.4 is 5.73 Å². The normalized spacial score (nSPS) is 25.3. The maximum atomic E-state index is 9.76.